The van der Waals surface area contributed by atoms with E-state index in [-0.39, 0.29) is 49.2 Å². The lowest BCUT2D eigenvalue weighted by Gasteiger charge is -2.36. The molecule has 0 aromatic rings. The van der Waals surface area contributed by atoms with E-state index in [4.69, 9.17) is 18.9 Å². The summed E-state index contributed by atoms with van der Waals surface area (Å²) < 4.78 is 23.4. The highest BCUT2D eigenvalue weighted by molar-refractivity contribution is 5.70. The number of hydrogen-bond donors (Lipinski definition) is 2. The molecule has 8 nitrogen and oxygen atoms in total. The van der Waals surface area contributed by atoms with Gasteiger partial charge in [-0.3, -0.25) is 9.59 Å². The van der Waals surface area contributed by atoms with Crippen LogP contribution >= 0.6 is 0 Å². The van der Waals surface area contributed by atoms with E-state index in [0.717, 1.165) is 0 Å². The molecule has 3 rings (SSSR count). The van der Waals surface area contributed by atoms with Gasteiger partial charge in [-0.15, -0.1) is 0 Å². The molecule has 30 heavy (non-hydrogen) atoms. The van der Waals surface area contributed by atoms with Crippen molar-refractivity contribution in [1.29, 1.82) is 0 Å². The van der Waals surface area contributed by atoms with Crippen molar-refractivity contribution in [1.82, 2.24) is 0 Å². The van der Waals surface area contributed by atoms with E-state index < -0.39 is 24.4 Å². The molecule has 0 aliphatic carbocycles. The molecule has 0 amide bonds. The van der Waals surface area contributed by atoms with E-state index in [2.05, 4.69) is 0 Å². The fourth-order valence-electron chi connectivity index (χ4n) is 4.76. The van der Waals surface area contributed by atoms with Gasteiger partial charge in [0.2, 0.25) is 0 Å². The van der Waals surface area contributed by atoms with Crippen molar-refractivity contribution in [2.75, 3.05) is 0 Å². The number of carbonyl (C=O) groups is 2. The van der Waals surface area contributed by atoms with Crippen LogP contribution in [0.4, 0.5) is 0 Å². The van der Waals surface area contributed by atoms with E-state index in [1.807, 2.05) is 13.8 Å². The number of fused-ring (bicyclic) bond motifs is 4. The third-order valence-electron chi connectivity index (χ3n) is 6.26. The van der Waals surface area contributed by atoms with Crippen LogP contribution in [-0.2, 0) is 28.5 Å². The van der Waals surface area contributed by atoms with Crippen LogP contribution in [0.5, 0.6) is 0 Å². The molecular formula is C22H36O8. The zero-order chi connectivity index (χ0) is 21.7. The van der Waals surface area contributed by atoms with Crippen LogP contribution in [0.15, 0.2) is 0 Å². The Morgan fingerprint density at radius 2 is 1.03 bits per heavy atom. The average Bonchev–Trinajstić information content (AvgIpc) is 2.65. The zero-order valence-electron chi connectivity index (χ0n) is 18.0. The van der Waals surface area contributed by atoms with Crippen LogP contribution in [0.2, 0.25) is 0 Å². The summed E-state index contributed by atoms with van der Waals surface area (Å²) in [6, 6.07) is 0. The van der Waals surface area contributed by atoms with E-state index in [1.54, 1.807) is 0 Å². The largest absolute Gasteiger partial charge is 0.462 e. The summed E-state index contributed by atoms with van der Waals surface area (Å²) in [5.41, 5.74) is 0. The second kappa shape index (κ2) is 10.9. The first kappa shape index (κ1) is 23.4. The van der Waals surface area contributed by atoms with E-state index >= 15 is 0 Å². The molecule has 8 atom stereocenters. The molecule has 0 saturated carbocycles. The molecule has 0 aromatic carbocycles. The van der Waals surface area contributed by atoms with Crippen molar-refractivity contribution in [3.8, 4) is 0 Å². The molecular weight excluding hydrogens is 392 g/mol. The maximum atomic E-state index is 12.5. The Hall–Kier alpha value is -1.22. The maximum Gasteiger partial charge on any atom is 0.308 e. The number of aliphatic hydroxyl groups is 2. The van der Waals surface area contributed by atoms with Crippen LogP contribution < -0.4 is 0 Å². The minimum Gasteiger partial charge on any atom is -0.462 e. The van der Waals surface area contributed by atoms with Crippen molar-refractivity contribution in [2.45, 2.75) is 127 Å². The van der Waals surface area contributed by atoms with Gasteiger partial charge in [-0.05, 0) is 25.7 Å². The fraction of sp³-hybridized carbons (Fsp3) is 0.909. The molecule has 3 aliphatic heterocycles. The van der Waals surface area contributed by atoms with E-state index in [0.29, 0.717) is 51.4 Å². The van der Waals surface area contributed by atoms with Gasteiger partial charge in [-0.25, -0.2) is 0 Å². The number of ether oxygens (including phenoxy) is 4. The third-order valence-corrected chi connectivity index (χ3v) is 6.26. The molecule has 172 valence electrons. The minimum absolute atomic E-state index is 0.0808. The highest BCUT2D eigenvalue weighted by Crippen LogP contribution is 2.29. The predicted molar refractivity (Wildman–Crippen MR) is 107 cm³/mol. The van der Waals surface area contributed by atoms with Gasteiger partial charge >= 0.3 is 11.9 Å². The quantitative estimate of drug-likeness (QED) is 0.643. The number of rotatable bonds is 2. The Kier molecular flexibility index (Phi) is 8.51. The summed E-state index contributed by atoms with van der Waals surface area (Å²) in [5.74, 6) is -0.698. The maximum absolute atomic E-state index is 12.5. The summed E-state index contributed by atoms with van der Waals surface area (Å²) in [5, 5.41) is 20.5. The summed E-state index contributed by atoms with van der Waals surface area (Å²) in [4.78, 5) is 25.0. The lowest BCUT2D eigenvalue weighted by Crippen LogP contribution is -2.41. The van der Waals surface area contributed by atoms with Crippen LogP contribution in [0.1, 0.15) is 78.1 Å². The second-order valence-electron chi connectivity index (χ2n) is 8.93. The van der Waals surface area contributed by atoms with Crippen LogP contribution in [0, 0.1) is 0 Å². The summed E-state index contributed by atoms with van der Waals surface area (Å²) >= 11 is 0. The van der Waals surface area contributed by atoms with Crippen molar-refractivity contribution >= 4 is 11.9 Å². The van der Waals surface area contributed by atoms with Crippen LogP contribution in [0.3, 0.4) is 0 Å². The lowest BCUT2D eigenvalue weighted by molar-refractivity contribution is -0.171. The topological polar surface area (TPSA) is 112 Å². The van der Waals surface area contributed by atoms with Crippen LogP contribution in [0.25, 0.3) is 0 Å². The first-order valence-electron chi connectivity index (χ1n) is 11.4. The minimum atomic E-state index is -0.551. The first-order valence-corrected chi connectivity index (χ1v) is 11.4. The Bertz CT molecular complexity index is 531. The summed E-state index contributed by atoms with van der Waals surface area (Å²) in [6.45, 7) is 3.87. The van der Waals surface area contributed by atoms with Gasteiger partial charge in [0, 0.05) is 25.7 Å². The standard InChI is InChI=1S/C22H36O8/c1-3-15-9-17-5-13(23)7-20(27-17)12-22(26)30-16(4-2)10-18-6-14(24)8-19(28-18)11-21(25)29-15/h13-20,23-24H,3-12H2,1-2H3/t13-,14-,15+,16?,17-,18-,19+,20+/m0/s1. The van der Waals surface area contributed by atoms with Crippen molar-refractivity contribution in [3.63, 3.8) is 0 Å². The highest BCUT2D eigenvalue weighted by Gasteiger charge is 2.35. The second-order valence-corrected chi connectivity index (χ2v) is 8.93. The number of esters is 2. The molecule has 3 fully saturated rings. The van der Waals surface area contributed by atoms with E-state index in [1.165, 1.54) is 0 Å². The Morgan fingerprint density at radius 3 is 1.40 bits per heavy atom. The van der Waals surface area contributed by atoms with Crippen molar-refractivity contribution < 1.29 is 38.7 Å². The predicted octanol–water partition coefficient (Wildman–Crippen LogP) is 2.02. The SMILES string of the molecule is CCC1C[C@@H]2C[C@H](O)C[C@H](CC(=O)O[C@H](CC)C[C@@H]3C[C@H](O)C[C@H](CC(=O)O1)O3)O2. The van der Waals surface area contributed by atoms with Crippen molar-refractivity contribution in [3.05, 3.63) is 0 Å². The first-order chi connectivity index (χ1) is 14.3. The molecule has 2 N–H and O–H groups in total. The third kappa shape index (κ3) is 6.90. The Balaban J connectivity index is 1.75. The molecule has 3 saturated heterocycles. The smallest absolute Gasteiger partial charge is 0.308 e. The lowest BCUT2D eigenvalue weighted by atomic mass is 9.94. The Morgan fingerprint density at radius 1 is 0.667 bits per heavy atom. The van der Waals surface area contributed by atoms with Gasteiger partial charge < -0.3 is 29.2 Å². The molecule has 4 bridgehead atoms. The molecule has 8 heteroatoms. The molecule has 1 unspecified atom stereocenters. The van der Waals surface area contributed by atoms with Gasteiger partial charge in [-0.2, -0.15) is 0 Å². The number of carbonyl (C=O) groups excluding carboxylic acids is 2. The average molecular weight is 429 g/mol. The van der Waals surface area contributed by atoms with Crippen LogP contribution in [-0.4, -0.2) is 71.0 Å². The normalized spacial score (nSPS) is 41.6. The summed E-state index contributed by atoms with van der Waals surface area (Å²) in [6.07, 6.45) is 0.889. The fourth-order valence-corrected chi connectivity index (χ4v) is 4.76. The Labute approximate surface area is 178 Å². The van der Waals surface area contributed by atoms with Crippen molar-refractivity contribution in [2.24, 2.45) is 0 Å². The number of hydrogen-bond acceptors (Lipinski definition) is 8. The zero-order valence-corrected chi connectivity index (χ0v) is 18.0. The number of cyclic esters (lactones) is 2. The van der Waals surface area contributed by atoms with Gasteiger partial charge in [0.25, 0.3) is 0 Å². The molecule has 0 radical (unpaired) electrons. The van der Waals surface area contributed by atoms with Gasteiger partial charge in [0.05, 0.1) is 49.5 Å². The summed E-state index contributed by atoms with van der Waals surface area (Å²) in [7, 11) is 0. The van der Waals surface area contributed by atoms with Gasteiger partial charge in [0.1, 0.15) is 12.2 Å². The van der Waals surface area contributed by atoms with Gasteiger partial charge in [-0.1, -0.05) is 13.8 Å². The molecule has 0 aromatic heterocycles. The molecule has 0 spiro atoms. The monoisotopic (exact) mass is 428 g/mol. The molecule has 3 heterocycles. The molecule has 3 aliphatic rings. The van der Waals surface area contributed by atoms with E-state index in [9.17, 15) is 19.8 Å². The number of aliphatic hydroxyl groups excluding tert-OH is 2. The van der Waals surface area contributed by atoms with Gasteiger partial charge in [0.15, 0.2) is 0 Å². The highest BCUT2D eigenvalue weighted by atomic mass is 16.6.